The Kier molecular flexibility index (Phi) is 6.81. The molecule has 0 aliphatic heterocycles. The van der Waals surface area contributed by atoms with Gasteiger partial charge in [-0.05, 0) is 67.0 Å². The first-order valence-electron chi connectivity index (χ1n) is 9.24. The molecule has 7 heteroatoms. The smallest absolute Gasteiger partial charge is 0.319 e. The van der Waals surface area contributed by atoms with Crippen molar-refractivity contribution in [3.8, 4) is 0 Å². The number of rotatable bonds is 5. The van der Waals surface area contributed by atoms with Crippen molar-refractivity contribution in [2.24, 2.45) is 5.92 Å². The fourth-order valence-corrected chi connectivity index (χ4v) is 3.84. The Morgan fingerprint density at radius 2 is 1.64 bits per heavy atom. The summed E-state index contributed by atoms with van der Waals surface area (Å²) in [7, 11) is 0. The van der Waals surface area contributed by atoms with Crippen LogP contribution in [0.1, 0.15) is 42.7 Å². The summed E-state index contributed by atoms with van der Waals surface area (Å²) in [6.07, 6.45) is 3.20. The molecule has 3 rings (SSSR count). The number of urea groups is 1. The number of carbonyl (C=O) groups excluding carboxylic acids is 1. The van der Waals surface area contributed by atoms with Crippen molar-refractivity contribution in [2.75, 3.05) is 5.32 Å². The van der Waals surface area contributed by atoms with Gasteiger partial charge < -0.3 is 15.7 Å². The first-order valence-corrected chi connectivity index (χ1v) is 9.99. The van der Waals surface area contributed by atoms with Crippen molar-refractivity contribution in [3.05, 3.63) is 63.6 Å². The lowest BCUT2D eigenvalue weighted by Gasteiger charge is -2.26. The molecule has 3 N–H and O–H groups in total. The first kappa shape index (κ1) is 20.5. The van der Waals surface area contributed by atoms with Crippen LogP contribution in [0.15, 0.2) is 42.5 Å². The predicted molar refractivity (Wildman–Crippen MR) is 111 cm³/mol. The molecule has 0 heterocycles. The van der Waals surface area contributed by atoms with Crippen LogP contribution in [0.4, 0.5) is 10.5 Å². The van der Waals surface area contributed by atoms with E-state index in [2.05, 4.69) is 10.6 Å². The topological polar surface area (TPSA) is 78.4 Å². The minimum Gasteiger partial charge on any atom is -0.481 e. The van der Waals surface area contributed by atoms with Gasteiger partial charge >= 0.3 is 12.0 Å². The van der Waals surface area contributed by atoms with Crippen LogP contribution in [0, 0.1) is 5.92 Å². The lowest BCUT2D eigenvalue weighted by Crippen LogP contribution is -2.28. The van der Waals surface area contributed by atoms with E-state index in [1.165, 1.54) is 5.56 Å². The van der Waals surface area contributed by atoms with E-state index in [1.54, 1.807) is 12.1 Å². The molecule has 0 aromatic heterocycles. The van der Waals surface area contributed by atoms with E-state index >= 15 is 0 Å². The van der Waals surface area contributed by atoms with Gasteiger partial charge in [0.2, 0.25) is 0 Å². The van der Waals surface area contributed by atoms with Gasteiger partial charge in [-0.2, -0.15) is 0 Å². The van der Waals surface area contributed by atoms with Crippen LogP contribution in [0.3, 0.4) is 0 Å². The third-order valence-electron chi connectivity index (χ3n) is 5.15. The van der Waals surface area contributed by atoms with Gasteiger partial charge in [0, 0.05) is 12.2 Å². The highest BCUT2D eigenvalue weighted by molar-refractivity contribution is 6.42. The third kappa shape index (κ3) is 5.40. The van der Waals surface area contributed by atoms with Gasteiger partial charge in [0.1, 0.15) is 0 Å². The van der Waals surface area contributed by atoms with E-state index in [9.17, 15) is 9.59 Å². The highest BCUT2D eigenvalue weighted by atomic mass is 35.5. The second kappa shape index (κ2) is 9.30. The van der Waals surface area contributed by atoms with E-state index in [0.29, 0.717) is 28.2 Å². The van der Waals surface area contributed by atoms with E-state index < -0.39 is 5.97 Å². The molecule has 148 valence electrons. The van der Waals surface area contributed by atoms with Crippen LogP contribution in [0.2, 0.25) is 10.0 Å². The summed E-state index contributed by atoms with van der Waals surface area (Å²) in [6, 6.07) is 12.7. The molecule has 0 unspecified atom stereocenters. The van der Waals surface area contributed by atoms with E-state index in [-0.39, 0.29) is 11.9 Å². The molecule has 2 amide bonds. The van der Waals surface area contributed by atoms with Crippen molar-refractivity contribution in [2.45, 2.75) is 38.1 Å². The van der Waals surface area contributed by atoms with Gasteiger partial charge in [0.15, 0.2) is 0 Å². The fourth-order valence-electron chi connectivity index (χ4n) is 3.52. The van der Waals surface area contributed by atoms with Crippen LogP contribution < -0.4 is 10.6 Å². The number of anilines is 1. The summed E-state index contributed by atoms with van der Waals surface area (Å²) in [6.45, 7) is 0.341. The molecule has 0 bridgehead atoms. The summed E-state index contributed by atoms with van der Waals surface area (Å²) in [4.78, 5) is 23.1. The molecular weight excluding hydrogens is 399 g/mol. The largest absolute Gasteiger partial charge is 0.481 e. The Hall–Kier alpha value is -2.24. The molecule has 1 saturated carbocycles. The molecule has 5 nitrogen and oxygen atoms in total. The summed E-state index contributed by atoms with van der Waals surface area (Å²) < 4.78 is 0. The number of halogens is 2. The van der Waals surface area contributed by atoms with Gasteiger partial charge in [-0.15, -0.1) is 0 Å². The number of hydrogen-bond donors (Lipinski definition) is 3. The Bertz CT molecular complexity index is 847. The van der Waals surface area contributed by atoms with E-state index in [1.807, 2.05) is 30.3 Å². The second-order valence-corrected chi connectivity index (χ2v) is 7.88. The SMILES string of the molecule is O=C(NCc1ccc(Cl)c(Cl)c1)Nc1ccc([C@H]2CC[C@H](C(=O)O)CC2)cc1. The quantitative estimate of drug-likeness (QED) is 0.582. The third-order valence-corrected chi connectivity index (χ3v) is 5.89. The molecule has 2 aromatic rings. The normalized spacial score (nSPS) is 19.1. The lowest BCUT2D eigenvalue weighted by atomic mass is 9.79. The highest BCUT2D eigenvalue weighted by Gasteiger charge is 2.26. The molecule has 1 aliphatic carbocycles. The fraction of sp³-hybridized carbons (Fsp3) is 0.333. The summed E-state index contributed by atoms with van der Waals surface area (Å²) in [5, 5.41) is 15.6. The maximum Gasteiger partial charge on any atom is 0.319 e. The number of aliphatic carboxylic acids is 1. The predicted octanol–water partition coefficient (Wildman–Crippen LogP) is 5.67. The van der Waals surface area contributed by atoms with Gasteiger partial charge in [-0.1, -0.05) is 41.4 Å². The lowest BCUT2D eigenvalue weighted by molar-refractivity contribution is -0.142. The standard InChI is InChI=1S/C21H22Cl2N2O3/c22-18-10-1-13(11-19(18)23)12-24-21(28)25-17-8-6-15(7-9-17)14-2-4-16(5-3-14)20(26)27/h1,6-11,14,16H,2-5,12H2,(H,26,27)(H2,24,25,28)/t14-,16-. The minimum atomic E-state index is -0.690. The van der Waals surface area contributed by atoms with Crippen molar-refractivity contribution in [1.29, 1.82) is 0 Å². The Balaban J connectivity index is 1.49. The van der Waals surface area contributed by atoms with Gasteiger partial charge in [-0.3, -0.25) is 4.79 Å². The van der Waals surface area contributed by atoms with Crippen LogP contribution >= 0.6 is 23.2 Å². The Morgan fingerprint density at radius 1 is 0.964 bits per heavy atom. The molecule has 0 atom stereocenters. The minimum absolute atomic E-state index is 0.212. The van der Waals surface area contributed by atoms with Crippen molar-refractivity contribution in [1.82, 2.24) is 5.32 Å². The molecule has 0 radical (unpaired) electrons. The first-order chi connectivity index (χ1) is 13.4. The molecule has 0 saturated heterocycles. The van der Waals surface area contributed by atoms with Crippen LogP contribution in [-0.2, 0) is 11.3 Å². The molecule has 28 heavy (non-hydrogen) atoms. The monoisotopic (exact) mass is 420 g/mol. The second-order valence-electron chi connectivity index (χ2n) is 7.06. The van der Waals surface area contributed by atoms with E-state index in [0.717, 1.165) is 31.2 Å². The van der Waals surface area contributed by atoms with Gasteiger partial charge in [0.05, 0.1) is 16.0 Å². The maximum atomic E-state index is 12.1. The molecule has 0 spiro atoms. The number of carbonyl (C=O) groups is 2. The molecule has 1 fully saturated rings. The zero-order valence-corrected chi connectivity index (χ0v) is 16.8. The zero-order chi connectivity index (χ0) is 20.1. The molecule has 2 aromatic carbocycles. The Labute approximate surface area is 174 Å². The highest BCUT2D eigenvalue weighted by Crippen LogP contribution is 2.36. The average molecular weight is 421 g/mol. The van der Waals surface area contributed by atoms with Gasteiger partial charge in [-0.25, -0.2) is 4.79 Å². The number of carboxylic acid groups (broad SMARTS) is 1. The number of amides is 2. The Morgan fingerprint density at radius 3 is 2.25 bits per heavy atom. The van der Waals surface area contributed by atoms with Crippen LogP contribution in [0.5, 0.6) is 0 Å². The number of hydrogen-bond acceptors (Lipinski definition) is 2. The summed E-state index contributed by atoms with van der Waals surface area (Å²) >= 11 is 11.9. The molecular formula is C21H22Cl2N2O3. The number of benzene rings is 2. The maximum absolute atomic E-state index is 12.1. The van der Waals surface area contributed by atoms with Crippen LogP contribution in [0.25, 0.3) is 0 Å². The average Bonchev–Trinajstić information content (AvgIpc) is 2.69. The zero-order valence-electron chi connectivity index (χ0n) is 15.3. The van der Waals surface area contributed by atoms with Crippen molar-refractivity contribution < 1.29 is 14.7 Å². The number of carboxylic acids is 1. The van der Waals surface area contributed by atoms with Crippen LogP contribution in [-0.4, -0.2) is 17.1 Å². The van der Waals surface area contributed by atoms with Gasteiger partial charge in [0.25, 0.3) is 0 Å². The molecule has 1 aliphatic rings. The van der Waals surface area contributed by atoms with Crippen molar-refractivity contribution in [3.63, 3.8) is 0 Å². The number of nitrogens with one attached hydrogen (secondary N) is 2. The van der Waals surface area contributed by atoms with Crippen molar-refractivity contribution >= 4 is 40.9 Å². The van der Waals surface area contributed by atoms with E-state index in [4.69, 9.17) is 28.3 Å². The summed E-state index contributed by atoms with van der Waals surface area (Å²) in [5.74, 6) is -0.519. The summed E-state index contributed by atoms with van der Waals surface area (Å²) in [5.41, 5.74) is 2.75.